The largest absolute Gasteiger partial charge is 0.493 e. The Morgan fingerprint density at radius 2 is 1.77 bits per heavy atom. The monoisotopic (exact) mass is 547 g/mol. The predicted molar refractivity (Wildman–Crippen MR) is 148 cm³/mol. The molecule has 1 heterocycles. The van der Waals surface area contributed by atoms with E-state index in [1.807, 2.05) is 13.0 Å². The van der Waals surface area contributed by atoms with Gasteiger partial charge in [0.05, 0.1) is 35.3 Å². The van der Waals surface area contributed by atoms with E-state index in [2.05, 4.69) is 4.99 Å². The van der Waals surface area contributed by atoms with Crippen molar-refractivity contribution < 1.29 is 28.7 Å². The van der Waals surface area contributed by atoms with Crippen LogP contribution in [0.5, 0.6) is 11.5 Å². The topological polar surface area (TPSA) is 121 Å². The summed E-state index contributed by atoms with van der Waals surface area (Å²) in [6.07, 6.45) is 1.77. The van der Waals surface area contributed by atoms with Gasteiger partial charge in [-0.1, -0.05) is 6.07 Å². The van der Waals surface area contributed by atoms with Crippen LogP contribution < -0.4 is 9.47 Å². The van der Waals surface area contributed by atoms with Crippen LogP contribution in [0.4, 0.5) is 11.4 Å². The number of carbonyl (C=O) groups is 2. The van der Waals surface area contributed by atoms with Crippen molar-refractivity contribution in [2.75, 3.05) is 20.8 Å². The van der Waals surface area contributed by atoms with Gasteiger partial charge in [-0.2, -0.15) is 0 Å². The number of ether oxygens (including phenoxy) is 3. The Labute approximate surface area is 229 Å². The number of nitro benzene ring substituents is 1. The third kappa shape index (κ3) is 6.44. The second kappa shape index (κ2) is 12.3. The standard InChI is InChI=1S/C28H25N3O7S/c1-4-30-26(32)25(39-28(30)29-21-10-8-20(9-11-21)27(33)37-3)16-19-7-14-23(24(15-19)36-2)38-17-18-5-12-22(13-6-18)31(34)35/h5-16H,4,17H2,1-3H3/b25-16+,29-28?. The normalized spacial score (nSPS) is 15.1. The number of rotatable bonds is 9. The minimum Gasteiger partial charge on any atom is -0.493 e. The van der Waals surface area contributed by atoms with E-state index in [-0.39, 0.29) is 18.2 Å². The lowest BCUT2D eigenvalue weighted by atomic mass is 10.1. The maximum atomic E-state index is 13.1. The number of nitrogens with zero attached hydrogens (tertiary/aromatic N) is 3. The van der Waals surface area contributed by atoms with Gasteiger partial charge in [0, 0.05) is 18.7 Å². The summed E-state index contributed by atoms with van der Waals surface area (Å²) in [7, 11) is 2.85. The number of methoxy groups -OCH3 is 2. The fraction of sp³-hybridized carbons (Fsp3) is 0.179. The Morgan fingerprint density at radius 3 is 2.38 bits per heavy atom. The number of esters is 1. The molecule has 0 aromatic heterocycles. The fourth-order valence-corrected chi connectivity index (χ4v) is 4.75. The molecule has 1 aliphatic heterocycles. The van der Waals surface area contributed by atoms with Gasteiger partial charge < -0.3 is 14.2 Å². The van der Waals surface area contributed by atoms with Gasteiger partial charge in [0.15, 0.2) is 16.7 Å². The van der Waals surface area contributed by atoms with Crippen molar-refractivity contribution in [1.29, 1.82) is 0 Å². The predicted octanol–water partition coefficient (Wildman–Crippen LogP) is 5.59. The minimum absolute atomic E-state index is 0.0133. The Bertz CT molecular complexity index is 1450. The number of likely N-dealkylation sites (N-methyl/N-ethyl adjacent to an activating group) is 1. The number of non-ortho nitro benzene ring substituents is 1. The van der Waals surface area contributed by atoms with Gasteiger partial charge in [-0.3, -0.25) is 19.8 Å². The third-order valence-electron chi connectivity index (χ3n) is 5.74. The van der Waals surface area contributed by atoms with Gasteiger partial charge in [0.2, 0.25) is 0 Å². The van der Waals surface area contributed by atoms with E-state index in [1.54, 1.807) is 59.5 Å². The van der Waals surface area contributed by atoms with Gasteiger partial charge in [0.25, 0.3) is 11.6 Å². The van der Waals surface area contributed by atoms with Crippen LogP contribution in [-0.4, -0.2) is 47.6 Å². The summed E-state index contributed by atoms with van der Waals surface area (Å²) in [6.45, 7) is 2.52. The summed E-state index contributed by atoms with van der Waals surface area (Å²) in [5.41, 5.74) is 2.55. The summed E-state index contributed by atoms with van der Waals surface area (Å²) in [5, 5.41) is 11.4. The van der Waals surface area contributed by atoms with Gasteiger partial charge in [0.1, 0.15) is 6.61 Å². The molecule has 39 heavy (non-hydrogen) atoms. The molecule has 10 nitrogen and oxygen atoms in total. The second-order valence-corrected chi connectivity index (χ2v) is 9.22. The molecule has 4 rings (SSSR count). The molecule has 0 spiro atoms. The first kappa shape index (κ1) is 27.4. The molecule has 0 aliphatic carbocycles. The Hall–Kier alpha value is -4.64. The molecule has 1 amide bonds. The number of hydrogen-bond acceptors (Lipinski definition) is 9. The van der Waals surface area contributed by atoms with Gasteiger partial charge in [-0.05, 0) is 84.4 Å². The lowest BCUT2D eigenvalue weighted by Crippen LogP contribution is -2.28. The van der Waals surface area contributed by atoms with Crippen LogP contribution >= 0.6 is 11.8 Å². The maximum Gasteiger partial charge on any atom is 0.337 e. The number of amidine groups is 1. The average Bonchev–Trinajstić information content (AvgIpc) is 3.25. The van der Waals surface area contributed by atoms with Gasteiger partial charge in [-0.15, -0.1) is 0 Å². The summed E-state index contributed by atoms with van der Waals surface area (Å²) in [5.74, 6) is 0.382. The molecule has 3 aromatic rings. The smallest absolute Gasteiger partial charge is 0.337 e. The highest BCUT2D eigenvalue weighted by Gasteiger charge is 2.32. The number of aliphatic imine (C=N–C) groups is 1. The molecular formula is C28H25N3O7S. The zero-order chi connectivity index (χ0) is 27.9. The lowest BCUT2D eigenvalue weighted by molar-refractivity contribution is -0.384. The highest BCUT2D eigenvalue weighted by molar-refractivity contribution is 8.18. The number of benzene rings is 3. The number of hydrogen-bond donors (Lipinski definition) is 0. The maximum absolute atomic E-state index is 13.1. The van der Waals surface area contributed by atoms with E-state index in [9.17, 15) is 19.7 Å². The van der Waals surface area contributed by atoms with Gasteiger partial charge in [-0.25, -0.2) is 9.79 Å². The van der Waals surface area contributed by atoms with Crippen LogP contribution in [0.25, 0.3) is 6.08 Å². The molecule has 1 aliphatic rings. The van der Waals surface area contributed by atoms with Crippen molar-refractivity contribution in [2.24, 2.45) is 4.99 Å². The minimum atomic E-state index is -0.452. The zero-order valence-electron chi connectivity index (χ0n) is 21.5. The van der Waals surface area contributed by atoms with E-state index in [0.717, 1.165) is 11.1 Å². The van der Waals surface area contributed by atoms with E-state index in [0.29, 0.717) is 39.4 Å². The molecule has 0 bridgehead atoms. The first-order chi connectivity index (χ1) is 18.8. The Kier molecular flexibility index (Phi) is 8.62. The first-order valence-corrected chi connectivity index (χ1v) is 12.7. The van der Waals surface area contributed by atoms with Crippen molar-refractivity contribution in [3.8, 4) is 11.5 Å². The molecule has 200 valence electrons. The number of nitro groups is 1. The number of thioether (sulfide) groups is 1. The van der Waals surface area contributed by atoms with Crippen molar-refractivity contribution in [1.82, 2.24) is 4.90 Å². The third-order valence-corrected chi connectivity index (χ3v) is 6.75. The fourth-order valence-electron chi connectivity index (χ4n) is 3.69. The molecule has 1 saturated heterocycles. The van der Waals surface area contributed by atoms with Crippen molar-refractivity contribution in [3.05, 3.63) is 98.4 Å². The van der Waals surface area contributed by atoms with Crippen LogP contribution in [0.3, 0.4) is 0 Å². The molecule has 1 fully saturated rings. The molecule has 3 aromatic carbocycles. The van der Waals surface area contributed by atoms with Crippen molar-refractivity contribution >= 4 is 46.3 Å². The van der Waals surface area contributed by atoms with E-state index >= 15 is 0 Å². The average molecular weight is 548 g/mol. The molecule has 0 atom stereocenters. The molecule has 11 heteroatoms. The van der Waals surface area contributed by atoms with Crippen LogP contribution in [0.2, 0.25) is 0 Å². The molecular weight excluding hydrogens is 522 g/mol. The first-order valence-electron chi connectivity index (χ1n) is 11.9. The van der Waals surface area contributed by atoms with E-state index < -0.39 is 10.9 Å². The highest BCUT2D eigenvalue weighted by Crippen LogP contribution is 2.36. The molecule has 0 saturated carbocycles. The zero-order valence-corrected chi connectivity index (χ0v) is 22.3. The Balaban J connectivity index is 1.50. The number of amides is 1. The Morgan fingerprint density at radius 1 is 1.05 bits per heavy atom. The highest BCUT2D eigenvalue weighted by atomic mass is 32.2. The van der Waals surface area contributed by atoms with Crippen LogP contribution in [0, 0.1) is 10.1 Å². The van der Waals surface area contributed by atoms with Crippen molar-refractivity contribution in [3.63, 3.8) is 0 Å². The van der Waals surface area contributed by atoms with E-state index in [1.165, 1.54) is 38.1 Å². The summed E-state index contributed by atoms with van der Waals surface area (Å²) < 4.78 is 16.1. The van der Waals surface area contributed by atoms with Crippen LogP contribution in [0.15, 0.2) is 76.6 Å². The van der Waals surface area contributed by atoms with Crippen LogP contribution in [-0.2, 0) is 16.1 Å². The molecule has 0 unspecified atom stereocenters. The van der Waals surface area contributed by atoms with Crippen LogP contribution in [0.1, 0.15) is 28.4 Å². The molecule has 0 N–H and O–H groups in total. The quantitative estimate of drug-likeness (QED) is 0.147. The van der Waals surface area contributed by atoms with Gasteiger partial charge >= 0.3 is 5.97 Å². The number of carbonyl (C=O) groups excluding carboxylic acids is 2. The summed E-state index contributed by atoms with van der Waals surface area (Å²) in [4.78, 5) is 41.8. The SMILES string of the molecule is CCN1C(=O)/C(=C\c2ccc(OCc3ccc([N+](=O)[O-])cc3)c(OC)c2)SC1=Nc1ccc(C(=O)OC)cc1. The lowest BCUT2D eigenvalue weighted by Gasteiger charge is -2.12. The molecule has 0 radical (unpaired) electrons. The second-order valence-electron chi connectivity index (χ2n) is 8.22. The van der Waals surface area contributed by atoms with E-state index in [4.69, 9.17) is 14.2 Å². The summed E-state index contributed by atoms with van der Waals surface area (Å²) >= 11 is 1.26. The summed E-state index contributed by atoms with van der Waals surface area (Å²) in [6, 6.07) is 18.1. The van der Waals surface area contributed by atoms with Crippen molar-refractivity contribution in [2.45, 2.75) is 13.5 Å².